The zero-order valence-electron chi connectivity index (χ0n) is 5.02. The fraction of sp³-hybridized carbons (Fsp3) is 0.333. The summed E-state index contributed by atoms with van der Waals surface area (Å²) >= 11 is 0. The quantitative estimate of drug-likeness (QED) is 0.317. The van der Waals surface area contributed by atoms with Crippen molar-refractivity contribution in [1.82, 2.24) is 0 Å². The van der Waals surface area contributed by atoms with Crippen LogP contribution in [0.15, 0.2) is 17.6 Å². The van der Waals surface area contributed by atoms with E-state index in [1.807, 2.05) is 6.92 Å². The van der Waals surface area contributed by atoms with Gasteiger partial charge in [-0.3, -0.25) is 5.41 Å². The summed E-state index contributed by atoms with van der Waals surface area (Å²) in [5, 5.41) is 7.04. The summed E-state index contributed by atoms with van der Waals surface area (Å²) in [6, 6.07) is 0. The molecule has 0 heterocycles. The van der Waals surface area contributed by atoms with Crippen molar-refractivity contribution in [1.29, 1.82) is 5.41 Å². The van der Waals surface area contributed by atoms with Crippen molar-refractivity contribution in [2.24, 2.45) is 10.9 Å². The van der Waals surface area contributed by atoms with E-state index >= 15 is 0 Å². The molecule has 0 rings (SSSR count). The zero-order valence-corrected chi connectivity index (χ0v) is 5.02. The van der Waals surface area contributed by atoms with Crippen LogP contribution in [0.5, 0.6) is 0 Å². The molecule has 0 aliphatic carbocycles. The predicted molar refractivity (Wildman–Crippen MR) is 36.6 cm³/mol. The highest BCUT2D eigenvalue weighted by molar-refractivity contribution is 5.86. The fourth-order valence-electron chi connectivity index (χ4n) is 0.256. The van der Waals surface area contributed by atoms with Crippen LogP contribution >= 0.6 is 0 Å². The lowest BCUT2D eigenvalue weighted by Crippen LogP contribution is -2.01. The second-order valence-corrected chi connectivity index (χ2v) is 1.57. The van der Waals surface area contributed by atoms with E-state index in [4.69, 9.17) is 5.41 Å². The monoisotopic (exact) mass is 110 g/mol. The van der Waals surface area contributed by atoms with Crippen LogP contribution in [0.25, 0.3) is 0 Å². The number of amidine groups is 1. The Bertz CT molecular complexity index is 116. The Morgan fingerprint density at radius 1 is 1.88 bits per heavy atom. The summed E-state index contributed by atoms with van der Waals surface area (Å²) in [5.74, 6) is 0.312. The molecule has 0 saturated carbocycles. The van der Waals surface area contributed by atoms with Gasteiger partial charge in [0.15, 0.2) is 0 Å². The van der Waals surface area contributed by atoms with Crippen LogP contribution in [-0.4, -0.2) is 12.6 Å². The predicted octanol–water partition coefficient (Wildman–Crippen LogP) is 1.49. The third kappa shape index (κ3) is 1.69. The molecule has 0 amide bonds. The van der Waals surface area contributed by atoms with Crippen molar-refractivity contribution in [3.63, 3.8) is 0 Å². The van der Waals surface area contributed by atoms with Gasteiger partial charge in [-0.05, 0) is 6.72 Å². The van der Waals surface area contributed by atoms with Crippen LogP contribution in [0, 0.1) is 11.3 Å². The first kappa shape index (κ1) is 7.08. The van der Waals surface area contributed by atoms with Crippen molar-refractivity contribution in [2.75, 3.05) is 0 Å². The summed E-state index contributed by atoms with van der Waals surface area (Å²) in [7, 11) is 0. The van der Waals surface area contributed by atoms with Gasteiger partial charge in [0.2, 0.25) is 0 Å². The lowest BCUT2D eigenvalue weighted by Gasteiger charge is -1.98. The Hall–Kier alpha value is -0.920. The van der Waals surface area contributed by atoms with Crippen LogP contribution in [0.3, 0.4) is 0 Å². The molecule has 0 bridgehead atoms. The largest absolute Gasteiger partial charge is 0.286 e. The molecule has 0 aromatic rings. The molecule has 1 unspecified atom stereocenters. The standard InChI is InChI=1S/C6H10N2/c1-4-5(2)6(7)8-3/h4-5,7H,1,3H2,2H3. The molecule has 0 aliphatic heterocycles. The van der Waals surface area contributed by atoms with Crippen molar-refractivity contribution < 1.29 is 0 Å². The third-order valence-electron chi connectivity index (χ3n) is 0.955. The smallest absolute Gasteiger partial charge is 0.126 e. The van der Waals surface area contributed by atoms with Gasteiger partial charge >= 0.3 is 0 Å². The van der Waals surface area contributed by atoms with E-state index in [1.165, 1.54) is 0 Å². The molecule has 0 saturated heterocycles. The van der Waals surface area contributed by atoms with E-state index < -0.39 is 0 Å². The first-order chi connectivity index (χ1) is 3.72. The average Bonchev–Trinajstić information content (AvgIpc) is 1.84. The van der Waals surface area contributed by atoms with Gasteiger partial charge in [-0.15, -0.1) is 6.58 Å². The lowest BCUT2D eigenvalue weighted by atomic mass is 10.2. The van der Waals surface area contributed by atoms with Gasteiger partial charge in [0.25, 0.3) is 0 Å². The minimum atomic E-state index is 0.0347. The van der Waals surface area contributed by atoms with Gasteiger partial charge in [-0.1, -0.05) is 13.0 Å². The number of hydrogen-bond donors (Lipinski definition) is 1. The van der Waals surface area contributed by atoms with Crippen LogP contribution in [0.1, 0.15) is 6.92 Å². The van der Waals surface area contributed by atoms with E-state index in [0.717, 1.165) is 0 Å². The Morgan fingerprint density at radius 3 is 2.50 bits per heavy atom. The maximum atomic E-state index is 7.04. The van der Waals surface area contributed by atoms with E-state index in [1.54, 1.807) is 6.08 Å². The second-order valence-electron chi connectivity index (χ2n) is 1.57. The highest BCUT2D eigenvalue weighted by atomic mass is 14.8. The van der Waals surface area contributed by atoms with Gasteiger partial charge in [-0.2, -0.15) is 0 Å². The number of nitrogens with zero attached hydrogens (tertiary/aromatic N) is 1. The first-order valence-electron chi connectivity index (χ1n) is 2.40. The number of hydrogen-bond acceptors (Lipinski definition) is 1. The van der Waals surface area contributed by atoms with E-state index in [-0.39, 0.29) is 11.8 Å². The van der Waals surface area contributed by atoms with E-state index in [9.17, 15) is 0 Å². The molecule has 44 valence electrons. The summed E-state index contributed by atoms with van der Waals surface area (Å²) in [6.07, 6.45) is 1.66. The van der Waals surface area contributed by atoms with Crippen molar-refractivity contribution in [3.8, 4) is 0 Å². The lowest BCUT2D eigenvalue weighted by molar-refractivity contribution is 0.975. The minimum absolute atomic E-state index is 0.0347. The van der Waals surface area contributed by atoms with Crippen molar-refractivity contribution >= 4 is 12.6 Å². The third-order valence-corrected chi connectivity index (χ3v) is 0.955. The normalized spacial score (nSPS) is 12.1. The number of nitrogens with one attached hydrogen (secondary N) is 1. The molecule has 1 N–H and O–H groups in total. The highest BCUT2D eigenvalue weighted by Crippen LogP contribution is 1.96. The van der Waals surface area contributed by atoms with Crippen LogP contribution in [0.4, 0.5) is 0 Å². The molecule has 0 aromatic heterocycles. The van der Waals surface area contributed by atoms with Crippen molar-refractivity contribution in [3.05, 3.63) is 12.7 Å². The topological polar surface area (TPSA) is 36.2 Å². The molecule has 1 atom stereocenters. The molecule has 0 fully saturated rings. The van der Waals surface area contributed by atoms with E-state index in [2.05, 4.69) is 18.3 Å². The molecule has 2 nitrogen and oxygen atoms in total. The second kappa shape index (κ2) is 3.13. The number of rotatable bonds is 2. The molecule has 2 heteroatoms. The molecular weight excluding hydrogens is 100 g/mol. The summed E-state index contributed by atoms with van der Waals surface area (Å²) in [6.45, 7) is 8.56. The van der Waals surface area contributed by atoms with Gasteiger partial charge in [0.05, 0.1) is 0 Å². The molecular formula is C6H10N2. The minimum Gasteiger partial charge on any atom is -0.286 e. The first-order valence-corrected chi connectivity index (χ1v) is 2.40. The number of aliphatic imine (C=N–C) groups is 1. The molecule has 8 heavy (non-hydrogen) atoms. The molecule has 0 aliphatic rings. The van der Waals surface area contributed by atoms with E-state index in [0.29, 0.717) is 0 Å². The highest BCUT2D eigenvalue weighted by Gasteiger charge is 1.98. The zero-order chi connectivity index (χ0) is 6.57. The SMILES string of the molecule is C=CC(C)C(=N)N=C. The molecule has 0 aromatic carbocycles. The summed E-state index contributed by atoms with van der Waals surface area (Å²) < 4.78 is 0. The Balaban J connectivity index is 3.80. The van der Waals surface area contributed by atoms with Crippen LogP contribution in [0.2, 0.25) is 0 Å². The van der Waals surface area contributed by atoms with Crippen LogP contribution < -0.4 is 0 Å². The maximum absolute atomic E-state index is 7.04. The van der Waals surface area contributed by atoms with Gasteiger partial charge in [-0.25, -0.2) is 4.99 Å². The Morgan fingerprint density at radius 2 is 2.38 bits per heavy atom. The summed E-state index contributed by atoms with van der Waals surface area (Å²) in [5.41, 5.74) is 0. The fourth-order valence-corrected chi connectivity index (χ4v) is 0.256. The molecule has 0 radical (unpaired) electrons. The average molecular weight is 110 g/mol. The maximum Gasteiger partial charge on any atom is 0.126 e. The molecule has 0 spiro atoms. The van der Waals surface area contributed by atoms with Crippen LogP contribution in [-0.2, 0) is 0 Å². The van der Waals surface area contributed by atoms with Crippen molar-refractivity contribution in [2.45, 2.75) is 6.92 Å². The van der Waals surface area contributed by atoms with Gasteiger partial charge < -0.3 is 0 Å². The van der Waals surface area contributed by atoms with Gasteiger partial charge in [0, 0.05) is 5.92 Å². The summed E-state index contributed by atoms with van der Waals surface area (Å²) in [4.78, 5) is 3.42. The Labute approximate surface area is 49.5 Å². The Kier molecular flexibility index (Phi) is 2.77. The van der Waals surface area contributed by atoms with Gasteiger partial charge in [0.1, 0.15) is 5.84 Å².